The van der Waals surface area contributed by atoms with Crippen molar-refractivity contribution in [3.05, 3.63) is 18.2 Å². The average Bonchev–Trinajstić information content (AvgIpc) is 2.76. The van der Waals surface area contributed by atoms with E-state index < -0.39 is 0 Å². The second-order valence-electron chi connectivity index (χ2n) is 4.37. The quantitative estimate of drug-likeness (QED) is 0.765. The van der Waals surface area contributed by atoms with E-state index in [1.54, 1.807) is 22.0 Å². The molecule has 1 amide bonds. The molecule has 1 aromatic heterocycles. The number of aryl methyl sites for hydroxylation is 1. The van der Waals surface area contributed by atoms with Gasteiger partial charge in [0.2, 0.25) is 0 Å². The van der Waals surface area contributed by atoms with Gasteiger partial charge in [0.15, 0.2) is 0 Å². The summed E-state index contributed by atoms with van der Waals surface area (Å²) >= 11 is 0. The predicted octanol–water partition coefficient (Wildman–Crippen LogP) is -0.358. The maximum Gasteiger partial charge on any atom is 0.274 e. The van der Waals surface area contributed by atoms with Crippen molar-refractivity contribution in [2.75, 3.05) is 19.8 Å². The van der Waals surface area contributed by atoms with Crippen LogP contribution in [0.4, 0.5) is 0 Å². The first kappa shape index (κ1) is 12.1. The zero-order chi connectivity index (χ0) is 12.4. The van der Waals surface area contributed by atoms with Crippen molar-refractivity contribution in [3.63, 3.8) is 0 Å². The summed E-state index contributed by atoms with van der Waals surface area (Å²) in [7, 11) is 1.82. The van der Waals surface area contributed by atoms with Crippen molar-refractivity contribution in [2.45, 2.75) is 19.1 Å². The average molecular weight is 239 g/mol. The topological polar surface area (TPSA) is 67.6 Å². The van der Waals surface area contributed by atoms with Gasteiger partial charge in [-0.25, -0.2) is 4.98 Å². The van der Waals surface area contributed by atoms with E-state index in [9.17, 15) is 4.79 Å². The van der Waals surface area contributed by atoms with Crippen LogP contribution in [0.1, 0.15) is 17.4 Å². The number of ether oxygens (including phenoxy) is 1. The molecule has 6 nitrogen and oxygen atoms in total. The van der Waals surface area contributed by atoms with Crippen molar-refractivity contribution < 1.29 is 14.6 Å². The second-order valence-corrected chi connectivity index (χ2v) is 4.37. The Balaban J connectivity index is 2.12. The molecule has 2 heterocycles. The summed E-state index contributed by atoms with van der Waals surface area (Å²) in [6.45, 7) is 2.71. The molecule has 1 fully saturated rings. The summed E-state index contributed by atoms with van der Waals surface area (Å²) in [5, 5.41) is 9.07. The maximum absolute atomic E-state index is 12.2. The van der Waals surface area contributed by atoms with E-state index in [0.717, 1.165) is 0 Å². The third kappa shape index (κ3) is 2.48. The molecule has 1 saturated heterocycles. The van der Waals surface area contributed by atoms with Gasteiger partial charge in [0.1, 0.15) is 5.69 Å². The minimum Gasteiger partial charge on any atom is -0.394 e. The van der Waals surface area contributed by atoms with E-state index in [1.807, 2.05) is 14.0 Å². The molecule has 6 heteroatoms. The van der Waals surface area contributed by atoms with Crippen molar-refractivity contribution in [1.82, 2.24) is 14.5 Å². The van der Waals surface area contributed by atoms with Gasteiger partial charge in [0.25, 0.3) is 5.91 Å². The fraction of sp³-hybridized carbons (Fsp3) is 0.636. The molecule has 17 heavy (non-hydrogen) atoms. The molecular formula is C11H17N3O3. The summed E-state index contributed by atoms with van der Waals surface area (Å²) in [4.78, 5) is 17.9. The first-order chi connectivity index (χ1) is 8.11. The number of carbonyl (C=O) groups excluding carboxylic acids is 1. The third-order valence-corrected chi connectivity index (χ3v) is 2.89. The van der Waals surface area contributed by atoms with Gasteiger partial charge >= 0.3 is 0 Å². The monoisotopic (exact) mass is 239 g/mol. The van der Waals surface area contributed by atoms with Gasteiger partial charge in [0.05, 0.1) is 31.7 Å². The predicted molar refractivity (Wildman–Crippen MR) is 60.5 cm³/mol. The smallest absolute Gasteiger partial charge is 0.274 e. The van der Waals surface area contributed by atoms with E-state index in [1.165, 1.54) is 0 Å². The Hall–Kier alpha value is -1.40. The highest BCUT2D eigenvalue weighted by Crippen LogP contribution is 2.14. The molecule has 0 spiro atoms. The molecule has 1 aromatic rings. The summed E-state index contributed by atoms with van der Waals surface area (Å²) in [5.74, 6) is -0.111. The lowest BCUT2D eigenvalue weighted by Gasteiger charge is -2.37. The Labute approximate surface area is 99.8 Å². The highest BCUT2D eigenvalue weighted by molar-refractivity contribution is 5.92. The van der Waals surface area contributed by atoms with Crippen LogP contribution >= 0.6 is 0 Å². The normalized spacial score (nSPS) is 25.0. The fourth-order valence-electron chi connectivity index (χ4n) is 1.88. The number of morpholine rings is 1. The Morgan fingerprint density at radius 3 is 3.06 bits per heavy atom. The molecular weight excluding hydrogens is 222 g/mol. The number of hydrogen-bond acceptors (Lipinski definition) is 4. The third-order valence-electron chi connectivity index (χ3n) is 2.89. The molecule has 2 rings (SSSR count). The van der Waals surface area contributed by atoms with Gasteiger partial charge in [-0.05, 0) is 6.92 Å². The Morgan fingerprint density at radius 1 is 1.71 bits per heavy atom. The number of aliphatic hydroxyl groups is 1. The number of hydrogen-bond donors (Lipinski definition) is 1. The van der Waals surface area contributed by atoms with Crippen LogP contribution in [0.3, 0.4) is 0 Å². The fourth-order valence-corrected chi connectivity index (χ4v) is 1.88. The lowest BCUT2D eigenvalue weighted by atomic mass is 10.2. The number of aromatic nitrogens is 2. The Morgan fingerprint density at radius 2 is 2.47 bits per heavy atom. The number of carbonyl (C=O) groups is 1. The first-order valence-corrected chi connectivity index (χ1v) is 5.63. The molecule has 94 valence electrons. The number of rotatable bonds is 2. The number of amides is 1. The summed E-state index contributed by atoms with van der Waals surface area (Å²) < 4.78 is 7.13. The number of nitrogens with zero attached hydrogens (tertiary/aromatic N) is 3. The van der Waals surface area contributed by atoms with Gasteiger partial charge in [-0.2, -0.15) is 0 Å². The molecule has 2 unspecified atom stereocenters. The minimum atomic E-state index is -0.293. The molecule has 0 radical (unpaired) electrons. The molecule has 1 N–H and O–H groups in total. The largest absolute Gasteiger partial charge is 0.394 e. The lowest BCUT2D eigenvalue weighted by Crippen LogP contribution is -2.52. The number of imidazole rings is 1. The highest BCUT2D eigenvalue weighted by Gasteiger charge is 2.30. The van der Waals surface area contributed by atoms with Gasteiger partial charge < -0.3 is 19.3 Å². The zero-order valence-electron chi connectivity index (χ0n) is 10.0. The first-order valence-electron chi connectivity index (χ1n) is 5.63. The molecule has 0 aromatic carbocycles. The van der Waals surface area contributed by atoms with Crippen LogP contribution in [0, 0.1) is 0 Å². The van der Waals surface area contributed by atoms with Crippen molar-refractivity contribution in [1.29, 1.82) is 0 Å². The van der Waals surface area contributed by atoms with Gasteiger partial charge in [-0.3, -0.25) is 4.79 Å². The van der Waals surface area contributed by atoms with Crippen LogP contribution in [0.15, 0.2) is 12.5 Å². The summed E-state index contributed by atoms with van der Waals surface area (Å²) in [5.41, 5.74) is 0.429. The SMILES string of the molecule is CC1COC(CO)CN1C(=O)c1cn(C)cn1. The maximum atomic E-state index is 12.2. The van der Waals surface area contributed by atoms with Crippen LogP contribution in [-0.2, 0) is 11.8 Å². The van der Waals surface area contributed by atoms with E-state index in [2.05, 4.69) is 4.98 Å². The Bertz CT molecular complexity index is 404. The van der Waals surface area contributed by atoms with Crippen molar-refractivity contribution >= 4 is 5.91 Å². The molecule has 2 atom stereocenters. The van der Waals surface area contributed by atoms with Gasteiger partial charge in [-0.15, -0.1) is 0 Å². The molecule has 1 aliphatic rings. The number of aliphatic hydroxyl groups excluding tert-OH is 1. The van der Waals surface area contributed by atoms with Crippen LogP contribution < -0.4 is 0 Å². The van der Waals surface area contributed by atoms with Crippen molar-refractivity contribution in [3.8, 4) is 0 Å². The highest BCUT2D eigenvalue weighted by atomic mass is 16.5. The van der Waals surface area contributed by atoms with Crippen LogP contribution in [-0.4, -0.2) is 57.4 Å². The summed E-state index contributed by atoms with van der Waals surface area (Å²) in [6.07, 6.45) is 3.00. The van der Waals surface area contributed by atoms with Crippen molar-refractivity contribution in [2.24, 2.45) is 7.05 Å². The zero-order valence-corrected chi connectivity index (χ0v) is 10.0. The van der Waals surface area contributed by atoms with Gasteiger partial charge in [-0.1, -0.05) is 0 Å². The van der Waals surface area contributed by atoms with Gasteiger partial charge in [0, 0.05) is 19.8 Å². The van der Waals surface area contributed by atoms with Crippen LogP contribution in [0.5, 0.6) is 0 Å². The van der Waals surface area contributed by atoms with E-state index in [-0.39, 0.29) is 24.7 Å². The molecule has 0 aliphatic carbocycles. The Kier molecular flexibility index (Phi) is 3.44. The van der Waals surface area contributed by atoms with Crippen LogP contribution in [0.25, 0.3) is 0 Å². The van der Waals surface area contributed by atoms with E-state index >= 15 is 0 Å². The summed E-state index contributed by atoms with van der Waals surface area (Å²) in [6, 6.07) is 0.00676. The molecule has 0 bridgehead atoms. The standard InChI is InChI=1S/C11H17N3O3/c1-8-6-17-9(5-15)3-14(8)11(16)10-4-13(2)7-12-10/h4,7-9,15H,3,5-6H2,1-2H3. The van der Waals surface area contributed by atoms with E-state index in [4.69, 9.17) is 9.84 Å². The van der Waals surface area contributed by atoms with E-state index in [0.29, 0.717) is 18.8 Å². The molecule has 1 aliphatic heterocycles. The van der Waals surface area contributed by atoms with Crippen LogP contribution in [0.2, 0.25) is 0 Å². The minimum absolute atomic E-state index is 0.00676. The second kappa shape index (κ2) is 4.85. The lowest BCUT2D eigenvalue weighted by molar-refractivity contribution is -0.0668. The molecule has 0 saturated carbocycles.